The van der Waals surface area contributed by atoms with Gasteiger partial charge in [-0.05, 0) is 17.5 Å². The van der Waals surface area contributed by atoms with Gasteiger partial charge in [-0.1, -0.05) is 31.2 Å². The van der Waals surface area contributed by atoms with Gasteiger partial charge in [0.15, 0.2) is 0 Å². The zero-order valence-corrected chi connectivity index (χ0v) is 10.2. The minimum Gasteiger partial charge on any atom is -0.386 e. The van der Waals surface area contributed by atoms with E-state index in [2.05, 4.69) is 0 Å². The molecule has 0 spiro atoms. The van der Waals surface area contributed by atoms with Crippen LogP contribution in [0.25, 0.3) is 0 Å². The van der Waals surface area contributed by atoms with E-state index in [0.717, 1.165) is 12.0 Å². The van der Waals surface area contributed by atoms with E-state index in [-0.39, 0.29) is 6.61 Å². The highest BCUT2D eigenvalue weighted by Crippen LogP contribution is 2.20. The fourth-order valence-corrected chi connectivity index (χ4v) is 1.45. The topological polar surface area (TPSA) is 29.5 Å². The summed E-state index contributed by atoms with van der Waals surface area (Å²) in [5, 5.41) is 9.71. The number of halogens is 3. The summed E-state index contributed by atoms with van der Waals surface area (Å²) in [6, 6.07) is 7.29. The van der Waals surface area contributed by atoms with E-state index in [1.165, 1.54) is 0 Å². The molecule has 1 atom stereocenters. The third kappa shape index (κ3) is 5.51. The Balaban J connectivity index is 2.33. The van der Waals surface area contributed by atoms with Gasteiger partial charge in [0.05, 0.1) is 19.6 Å². The fourth-order valence-electron chi connectivity index (χ4n) is 1.45. The van der Waals surface area contributed by atoms with Crippen LogP contribution in [0.4, 0.5) is 13.2 Å². The number of alkyl halides is 3. The molecule has 0 aliphatic heterocycles. The molecule has 0 aromatic heterocycles. The van der Waals surface area contributed by atoms with E-state index in [1.807, 2.05) is 19.1 Å². The van der Waals surface area contributed by atoms with Crippen LogP contribution in [0.2, 0.25) is 0 Å². The number of aliphatic hydroxyl groups excluding tert-OH is 1. The van der Waals surface area contributed by atoms with Crippen molar-refractivity contribution in [3.63, 3.8) is 0 Å². The van der Waals surface area contributed by atoms with Gasteiger partial charge in [-0.15, -0.1) is 0 Å². The molecule has 1 N–H and O–H groups in total. The molecule has 5 heteroatoms. The molecule has 18 heavy (non-hydrogen) atoms. The maximum absolute atomic E-state index is 11.8. The summed E-state index contributed by atoms with van der Waals surface area (Å²) in [7, 11) is 0. The molecular formula is C13H17F3O2. The molecule has 0 aliphatic carbocycles. The Hall–Kier alpha value is -1.07. The number of benzene rings is 1. The molecule has 0 heterocycles. The first kappa shape index (κ1) is 15.0. The van der Waals surface area contributed by atoms with Crippen molar-refractivity contribution in [1.82, 2.24) is 0 Å². The quantitative estimate of drug-likeness (QED) is 0.797. The summed E-state index contributed by atoms with van der Waals surface area (Å²) in [5.74, 6) is 0. The van der Waals surface area contributed by atoms with Crippen molar-refractivity contribution in [3.05, 3.63) is 35.4 Å². The number of aliphatic hydroxyl groups is 1. The van der Waals surface area contributed by atoms with Crippen LogP contribution in [0.5, 0.6) is 0 Å². The molecule has 1 rings (SSSR count). The predicted octanol–water partition coefficient (Wildman–Crippen LogP) is 3.25. The summed E-state index contributed by atoms with van der Waals surface area (Å²) in [4.78, 5) is 0. The van der Waals surface area contributed by atoms with Crippen molar-refractivity contribution in [1.29, 1.82) is 0 Å². The molecule has 0 aliphatic rings. The molecule has 0 bridgehead atoms. The molecule has 0 fully saturated rings. The summed E-state index contributed by atoms with van der Waals surface area (Å²) in [6.07, 6.45) is -5.19. The molecule has 102 valence electrons. The zero-order chi connectivity index (χ0) is 13.6. The largest absolute Gasteiger partial charge is 0.391 e. The van der Waals surface area contributed by atoms with Crippen LogP contribution in [0.15, 0.2) is 24.3 Å². The Morgan fingerprint density at radius 3 is 2.33 bits per heavy atom. The Morgan fingerprint density at radius 1 is 1.22 bits per heavy atom. The third-order valence-electron chi connectivity index (χ3n) is 2.58. The maximum atomic E-state index is 11.8. The highest BCUT2D eigenvalue weighted by atomic mass is 19.4. The minimum atomic E-state index is -4.21. The van der Waals surface area contributed by atoms with Crippen molar-refractivity contribution < 1.29 is 23.0 Å². The summed E-state index contributed by atoms with van der Waals surface area (Å²) in [5.41, 5.74) is 1.79. The maximum Gasteiger partial charge on any atom is 0.391 e. The van der Waals surface area contributed by atoms with Gasteiger partial charge >= 0.3 is 6.18 Å². The second kappa shape index (κ2) is 6.75. The summed E-state index contributed by atoms with van der Waals surface area (Å²) < 4.78 is 40.3. The van der Waals surface area contributed by atoms with Gasteiger partial charge in [0.1, 0.15) is 6.10 Å². The Labute approximate surface area is 104 Å². The van der Waals surface area contributed by atoms with Gasteiger partial charge in [-0.25, -0.2) is 0 Å². The molecule has 1 unspecified atom stereocenters. The van der Waals surface area contributed by atoms with Gasteiger partial charge in [-0.3, -0.25) is 0 Å². The summed E-state index contributed by atoms with van der Waals surface area (Å²) >= 11 is 0. The Bertz CT molecular complexity index is 346. The molecule has 2 nitrogen and oxygen atoms in total. The van der Waals surface area contributed by atoms with Crippen LogP contribution in [-0.2, 0) is 11.2 Å². The van der Waals surface area contributed by atoms with Gasteiger partial charge in [-0.2, -0.15) is 13.2 Å². The van der Waals surface area contributed by atoms with E-state index in [1.54, 1.807) is 12.1 Å². The van der Waals surface area contributed by atoms with Gasteiger partial charge in [0.25, 0.3) is 0 Å². The van der Waals surface area contributed by atoms with Crippen LogP contribution in [0.3, 0.4) is 0 Å². The standard InChI is InChI=1S/C13H17F3O2/c1-2-10-3-5-11(6-4-10)12(17)9-18-8-7-13(14,15)16/h3-6,12,17H,2,7-9H2,1H3. The summed E-state index contributed by atoms with van der Waals surface area (Å²) in [6.45, 7) is 1.47. The number of rotatable bonds is 6. The van der Waals surface area contributed by atoms with Crippen LogP contribution in [0.1, 0.15) is 30.6 Å². The van der Waals surface area contributed by atoms with Crippen molar-refractivity contribution in [3.8, 4) is 0 Å². The van der Waals surface area contributed by atoms with Gasteiger partial charge in [0, 0.05) is 0 Å². The molecule has 1 aromatic carbocycles. The smallest absolute Gasteiger partial charge is 0.386 e. The van der Waals surface area contributed by atoms with Crippen molar-refractivity contribution >= 4 is 0 Å². The second-order valence-electron chi connectivity index (χ2n) is 4.05. The van der Waals surface area contributed by atoms with E-state index >= 15 is 0 Å². The monoisotopic (exact) mass is 262 g/mol. The first-order valence-corrected chi connectivity index (χ1v) is 5.84. The number of hydrogen-bond donors (Lipinski definition) is 1. The SMILES string of the molecule is CCc1ccc(C(O)COCCC(F)(F)F)cc1. The normalized spacial score (nSPS) is 13.6. The lowest BCUT2D eigenvalue weighted by molar-refractivity contribution is -0.147. The zero-order valence-electron chi connectivity index (χ0n) is 10.2. The van der Waals surface area contributed by atoms with Crippen molar-refractivity contribution in [2.75, 3.05) is 13.2 Å². The van der Waals surface area contributed by atoms with E-state index in [0.29, 0.717) is 5.56 Å². The molecule has 0 amide bonds. The van der Waals surface area contributed by atoms with E-state index < -0.39 is 25.3 Å². The van der Waals surface area contributed by atoms with Crippen molar-refractivity contribution in [2.45, 2.75) is 32.0 Å². The Kier molecular flexibility index (Phi) is 5.62. The van der Waals surface area contributed by atoms with Crippen LogP contribution in [0, 0.1) is 0 Å². The number of ether oxygens (including phenoxy) is 1. The molecule has 0 saturated carbocycles. The average molecular weight is 262 g/mol. The fraction of sp³-hybridized carbons (Fsp3) is 0.538. The highest BCUT2D eigenvalue weighted by molar-refractivity contribution is 5.24. The first-order chi connectivity index (χ1) is 8.42. The molecule has 0 radical (unpaired) electrons. The lowest BCUT2D eigenvalue weighted by Crippen LogP contribution is -2.14. The highest BCUT2D eigenvalue weighted by Gasteiger charge is 2.26. The number of hydrogen-bond acceptors (Lipinski definition) is 2. The van der Waals surface area contributed by atoms with Crippen LogP contribution < -0.4 is 0 Å². The average Bonchev–Trinajstić information content (AvgIpc) is 2.33. The van der Waals surface area contributed by atoms with Crippen LogP contribution >= 0.6 is 0 Å². The van der Waals surface area contributed by atoms with Crippen molar-refractivity contribution in [2.24, 2.45) is 0 Å². The molecule has 0 saturated heterocycles. The van der Waals surface area contributed by atoms with E-state index in [4.69, 9.17) is 4.74 Å². The third-order valence-corrected chi connectivity index (χ3v) is 2.58. The first-order valence-electron chi connectivity index (χ1n) is 5.84. The van der Waals surface area contributed by atoms with E-state index in [9.17, 15) is 18.3 Å². The van der Waals surface area contributed by atoms with Crippen LogP contribution in [-0.4, -0.2) is 24.5 Å². The predicted molar refractivity (Wildman–Crippen MR) is 62.3 cm³/mol. The second-order valence-corrected chi connectivity index (χ2v) is 4.05. The lowest BCUT2D eigenvalue weighted by Gasteiger charge is -2.13. The molecule has 1 aromatic rings. The van der Waals surface area contributed by atoms with Gasteiger partial charge < -0.3 is 9.84 Å². The minimum absolute atomic E-state index is 0.123. The molecular weight excluding hydrogens is 245 g/mol. The lowest BCUT2D eigenvalue weighted by atomic mass is 10.1. The Morgan fingerprint density at radius 2 is 1.83 bits per heavy atom. The van der Waals surface area contributed by atoms with Gasteiger partial charge in [0.2, 0.25) is 0 Å². The number of aryl methyl sites for hydroxylation is 1.